The zero-order valence-corrected chi connectivity index (χ0v) is 15.5. The molecule has 6 nitrogen and oxygen atoms in total. The second-order valence-electron chi connectivity index (χ2n) is 5.83. The van der Waals surface area contributed by atoms with Gasteiger partial charge in [-0.15, -0.1) is 24.8 Å². The van der Waals surface area contributed by atoms with Crippen LogP contribution in [0.15, 0.2) is 43.0 Å². The number of rotatable bonds is 5. The lowest BCUT2D eigenvalue weighted by atomic mass is 9.92. The molecule has 3 N–H and O–H groups in total. The molecular formula is C17H24Cl2N4O2. The molecule has 8 heteroatoms. The number of ether oxygens (including phenoxy) is 1. The first-order valence-corrected chi connectivity index (χ1v) is 7.92. The van der Waals surface area contributed by atoms with Gasteiger partial charge in [0.1, 0.15) is 0 Å². The summed E-state index contributed by atoms with van der Waals surface area (Å²) in [4.78, 5) is 16.3. The van der Waals surface area contributed by atoms with Crippen LogP contribution in [0.3, 0.4) is 0 Å². The van der Waals surface area contributed by atoms with Gasteiger partial charge in [-0.3, -0.25) is 4.79 Å². The molecule has 0 spiro atoms. The Balaban J connectivity index is 0.00000156. The van der Waals surface area contributed by atoms with Crippen molar-refractivity contribution in [1.82, 2.24) is 14.9 Å². The first-order valence-electron chi connectivity index (χ1n) is 7.92. The Hall–Kier alpha value is -1.60. The van der Waals surface area contributed by atoms with Crippen LogP contribution in [0.1, 0.15) is 18.4 Å². The third kappa shape index (κ3) is 5.71. The number of benzene rings is 1. The minimum atomic E-state index is -0.462. The summed E-state index contributed by atoms with van der Waals surface area (Å²) in [5.74, 6) is 0.117. The molecule has 1 atom stereocenters. The number of amides is 1. The van der Waals surface area contributed by atoms with Crippen LogP contribution in [0, 0.1) is 5.92 Å². The molecule has 1 amide bonds. The predicted molar refractivity (Wildman–Crippen MR) is 101 cm³/mol. The van der Waals surface area contributed by atoms with Crippen molar-refractivity contribution in [2.45, 2.75) is 25.4 Å². The first-order chi connectivity index (χ1) is 11.2. The van der Waals surface area contributed by atoms with Crippen molar-refractivity contribution in [3.05, 3.63) is 48.5 Å². The van der Waals surface area contributed by atoms with E-state index in [4.69, 9.17) is 10.5 Å². The molecule has 0 aliphatic carbocycles. The molecule has 3 rings (SSSR count). The number of nitrogens with zero attached hydrogens (tertiary/aromatic N) is 2. The molecular weight excluding hydrogens is 363 g/mol. The Kier molecular flexibility index (Phi) is 8.92. The number of nitrogens with one attached hydrogen (secondary N) is 1. The first kappa shape index (κ1) is 21.4. The molecule has 2 aromatic rings. The van der Waals surface area contributed by atoms with E-state index in [-0.39, 0.29) is 36.6 Å². The van der Waals surface area contributed by atoms with E-state index in [1.54, 1.807) is 12.5 Å². The van der Waals surface area contributed by atoms with Gasteiger partial charge in [0.2, 0.25) is 5.91 Å². The second kappa shape index (κ2) is 10.4. The van der Waals surface area contributed by atoms with Crippen LogP contribution >= 0.6 is 24.8 Å². The van der Waals surface area contributed by atoms with Crippen molar-refractivity contribution in [3.63, 3.8) is 0 Å². The molecule has 0 radical (unpaired) electrons. The van der Waals surface area contributed by atoms with Crippen molar-refractivity contribution < 1.29 is 9.53 Å². The van der Waals surface area contributed by atoms with Gasteiger partial charge in [0.25, 0.3) is 0 Å². The van der Waals surface area contributed by atoms with Crippen molar-refractivity contribution in [2.75, 3.05) is 13.2 Å². The summed E-state index contributed by atoms with van der Waals surface area (Å²) in [5.41, 5.74) is 8.13. The summed E-state index contributed by atoms with van der Waals surface area (Å²) in [6.45, 7) is 1.86. The van der Waals surface area contributed by atoms with Gasteiger partial charge in [-0.05, 0) is 36.5 Å². The van der Waals surface area contributed by atoms with Gasteiger partial charge in [-0.2, -0.15) is 0 Å². The number of aromatic nitrogens is 2. The predicted octanol–water partition coefficient (Wildman–Crippen LogP) is 2.09. The van der Waals surface area contributed by atoms with Gasteiger partial charge in [0, 0.05) is 37.8 Å². The zero-order chi connectivity index (χ0) is 16.1. The van der Waals surface area contributed by atoms with Crippen LogP contribution in [-0.2, 0) is 16.1 Å². The fourth-order valence-corrected chi connectivity index (χ4v) is 2.83. The lowest BCUT2D eigenvalue weighted by Gasteiger charge is -2.26. The highest BCUT2D eigenvalue weighted by Crippen LogP contribution is 2.18. The average Bonchev–Trinajstić information content (AvgIpc) is 3.15. The van der Waals surface area contributed by atoms with E-state index in [0.717, 1.165) is 24.1 Å². The molecule has 0 bridgehead atoms. The van der Waals surface area contributed by atoms with Gasteiger partial charge in [0.05, 0.1) is 12.4 Å². The van der Waals surface area contributed by atoms with Gasteiger partial charge in [-0.1, -0.05) is 12.1 Å². The summed E-state index contributed by atoms with van der Waals surface area (Å²) < 4.78 is 7.24. The van der Waals surface area contributed by atoms with Crippen molar-refractivity contribution in [3.8, 4) is 5.69 Å². The summed E-state index contributed by atoms with van der Waals surface area (Å²) in [7, 11) is 0. The van der Waals surface area contributed by atoms with Crippen LogP contribution < -0.4 is 11.1 Å². The van der Waals surface area contributed by atoms with E-state index in [1.165, 1.54) is 0 Å². The average molecular weight is 387 g/mol. The van der Waals surface area contributed by atoms with E-state index < -0.39 is 6.04 Å². The third-order valence-corrected chi connectivity index (χ3v) is 4.26. The van der Waals surface area contributed by atoms with Crippen LogP contribution in [0.5, 0.6) is 0 Å². The van der Waals surface area contributed by atoms with Crippen LogP contribution in [0.2, 0.25) is 0 Å². The van der Waals surface area contributed by atoms with E-state index in [9.17, 15) is 4.79 Å². The standard InChI is InChI=1S/C17H22N4O2.2ClH/c18-16(14-4-8-23-9-5-14)17(22)20-11-13-2-1-3-15(10-13)21-7-6-19-12-21;;/h1-3,6-7,10,12,14,16H,4-5,8-9,11,18H2,(H,20,22);2*1H. The monoisotopic (exact) mass is 386 g/mol. The lowest BCUT2D eigenvalue weighted by Crippen LogP contribution is -2.46. The molecule has 1 unspecified atom stereocenters. The van der Waals surface area contributed by atoms with Gasteiger partial charge < -0.3 is 20.4 Å². The minimum Gasteiger partial charge on any atom is -0.381 e. The maximum Gasteiger partial charge on any atom is 0.237 e. The maximum atomic E-state index is 12.2. The largest absolute Gasteiger partial charge is 0.381 e. The molecule has 1 fully saturated rings. The molecule has 25 heavy (non-hydrogen) atoms. The van der Waals surface area contributed by atoms with Crippen molar-refractivity contribution in [1.29, 1.82) is 0 Å². The Bertz CT molecular complexity index is 646. The summed E-state index contributed by atoms with van der Waals surface area (Å²) >= 11 is 0. The molecule has 1 aliphatic heterocycles. The van der Waals surface area contributed by atoms with Crippen LogP contribution in [-0.4, -0.2) is 34.7 Å². The van der Waals surface area contributed by atoms with Crippen molar-refractivity contribution in [2.24, 2.45) is 11.7 Å². The minimum absolute atomic E-state index is 0. The number of carbonyl (C=O) groups is 1. The number of imidazole rings is 1. The number of carbonyl (C=O) groups excluding carboxylic acids is 1. The normalized spacial score (nSPS) is 15.6. The number of halogens is 2. The van der Waals surface area contributed by atoms with Crippen LogP contribution in [0.25, 0.3) is 5.69 Å². The summed E-state index contributed by atoms with van der Waals surface area (Å²) in [6.07, 6.45) is 7.08. The Morgan fingerprint density at radius 2 is 2.12 bits per heavy atom. The number of nitrogens with two attached hydrogens (primary N) is 1. The zero-order valence-electron chi connectivity index (χ0n) is 13.8. The molecule has 1 aliphatic rings. The SMILES string of the molecule is Cl.Cl.NC(C(=O)NCc1cccc(-n2ccnc2)c1)C1CCOCC1. The highest BCUT2D eigenvalue weighted by Gasteiger charge is 2.26. The number of hydrogen-bond acceptors (Lipinski definition) is 4. The fourth-order valence-electron chi connectivity index (χ4n) is 2.83. The molecule has 1 aromatic carbocycles. The van der Waals surface area contributed by atoms with Crippen molar-refractivity contribution >= 4 is 30.7 Å². The molecule has 1 aromatic heterocycles. The Morgan fingerprint density at radius 1 is 1.36 bits per heavy atom. The quantitative estimate of drug-likeness (QED) is 0.823. The maximum absolute atomic E-state index is 12.2. The highest BCUT2D eigenvalue weighted by atomic mass is 35.5. The summed E-state index contributed by atoms with van der Waals surface area (Å²) in [6, 6.07) is 7.52. The fraction of sp³-hybridized carbons (Fsp3) is 0.412. The van der Waals surface area contributed by atoms with Gasteiger partial charge >= 0.3 is 0 Å². The second-order valence-corrected chi connectivity index (χ2v) is 5.83. The molecule has 138 valence electrons. The van der Waals surface area contributed by atoms with E-state index in [1.807, 2.05) is 35.0 Å². The lowest BCUT2D eigenvalue weighted by molar-refractivity contribution is -0.124. The van der Waals surface area contributed by atoms with Gasteiger partial charge in [0.15, 0.2) is 0 Å². The highest BCUT2D eigenvalue weighted by molar-refractivity contribution is 5.85. The van der Waals surface area contributed by atoms with E-state index in [0.29, 0.717) is 19.8 Å². The molecule has 2 heterocycles. The topological polar surface area (TPSA) is 82.2 Å². The van der Waals surface area contributed by atoms with E-state index >= 15 is 0 Å². The molecule has 1 saturated heterocycles. The summed E-state index contributed by atoms with van der Waals surface area (Å²) in [5, 5.41) is 2.94. The smallest absolute Gasteiger partial charge is 0.237 e. The van der Waals surface area contributed by atoms with E-state index in [2.05, 4.69) is 10.3 Å². The van der Waals surface area contributed by atoms with Gasteiger partial charge in [-0.25, -0.2) is 4.98 Å². The van der Waals surface area contributed by atoms with Crippen LogP contribution in [0.4, 0.5) is 0 Å². The Morgan fingerprint density at radius 3 is 2.80 bits per heavy atom. The molecule has 0 saturated carbocycles. The number of hydrogen-bond donors (Lipinski definition) is 2. The third-order valence-electron chi connectivity index (χ3n) is 4.26. The Labute approximate surface area is 160 Å².